The average molecular weight is 648 g/mol. The first-order chi connectivity index (χ1) is 19.8. The molecule has 0 saturated heterocycles. The molecule has 0 unspecified atom stereocenters. The van der Waals surface area contributed by atoms with Gasteiger partial charge in [-0.1, -0.05) is 91.0 Å². The van der Waals surface area contributed by atoms with E-state index in [9.17, 15) is 0 Å². The molecule has 41 heavy (non-hydrogen) atoms. The van der Waals surface area contributed by atoms with Gasteiger partial charge in [0, 0.05) is 18.6 Å². The van der Waals surface area contributed by atoms with Crippen molar-refractivity contribution in [1.29, 1.82) is 0 Å². The van der Waals surface area contributed by atoms with Crippen molar-refractivity contribution < 1.29 is 24.6 Å². The fourth-order valence-electron chi connectivity index (χ4n) is 3.82. The maximum absolute atomic E-state index is 8.91. The Morgan fingerprint density at radius 2 is 0.951 bits per heavy atom. The van der Waals surface area contributed by atoms with Crippen molar-refractivity contribution in [2.45, 2.75) is 0 Å². The number of nitroso groups, excluding NO2 is 1. The fraction of sp³-hybridized carbons (Fsp3) is 0. The van der Waals surface area contributed by atoms with E-state index in [4.69, 9.17) is 10.0 Å². The van der Waals surface area contributed by atoms with Gasteiger partial charge in [-0.2, -0.15) is 0 Å². The third kappa shape index (κ3) is 9.03. The maximum atomic E-state index is 8.91. The van der Waals surface area contributed by atoms with Gasteiger partial charge in [0.1, 0.15) is 12.5 Å². The molecule has 6 rings (SSSR count). The minimum Gasteiger partial charge on any atom is -0.514 e. The van der Waals surface area contributed by atoms with E-state index in [1.807, 2.05) is 36.8 Å². The second-order valence-electron chi connectivity index (χ2n) is 8.05. The molecule has 0 aliphatic rings. The van der Waals surface area contributed by atoms with Gasteiger partial charge in [0.25, 0.3) is 7.12 Å². The Morgan fingerprint density at radius 3 is 1.17 bits per heavy atom. The Balaban J connectivity index is 0.000000192. The van der Waals surface area contributed by atoms with Crippen molar-refractivity contribution in [3.8, 4) is 0 Å². The molecular weight excluding hydrogens is 621 g/mol. The van der Waals surface area contributed by atoms with Gasteiger partial charge in [0.15, 0.2) is 0 Å². The van der Waals surface area contributed by atoms with Crippen LogP contribution in [0.3, 0.4) is 0 Å². The molecule has 12 heteroatoms. The van der Waals surface area contributed by atoms with Crippen molar-refractivity contribution in [1.82, 2.24) is 29.1 Å². The predicted molar refractivity (Wildman–Crippen MR) is 161 cm³/mol. The number of hydrogen-bond donors (Lipinski definition) is 1. The van der Waals surface area contributed by atoms with Crippen molar-refractivity contribution >= 4 is 31.0 Å². The number of benzene rings is 3. The molecule has 3 heterocycles. The smallest absolute Gasteiger partial charge is 0.514 e. The first-order valence-corrected chi connectivity index (χ1v) is 13.7. The van der Waals surface area contributed by atoms with Crippen LogP contribution in [0.25, 0.3) is 0 Å². The Bertz CT molecular complexity index is 1350. The largest absolute Gasteiger partial charge is 1.00 e. The average Bonchev–Trinajstić information content (AvgIpc) is 3.82. The summed E-state index contributed by atoms with van der Waals surface area (Å²) < 4.78 is 5.38. The Hall–Kier alpha value is -4.45. The van der Waals surface area contributed by atoms with E-state index in [0.29, 0.717) is 6.26 Å². The van der Waals surface area contributed by atoms with Crippen LogP contribution in [0.15, 0.2) is 164 Å². The Kier molecular flexibility index (Phi) is 13.1. The molecule has 0 spiro atoms. The van der Waals surface area contributed by atoms with E-state index >= 15 is 0 Å². The SMILES string of the molecule is O=N/C=C\O.[Ru+].c1ccc(P(c2ccccc2)c2ccccc2)cc1.c1cnn([B-](n2cccn2)n2cccn2)c1. The van der Waals surface area contributed by atoms with E-state index in [2.05, 4.69) is 111 Å². The van der Waals surface area contributed by atoms with E-state index in [1.54, 1.807) is 32.4 Å². The minimum absolute atomic E-state index is 0. The molecule has 3 aromatic carbocycles. The standard InChI is InChI=1S/C18H15P.C9H9BN6.C2H3NO2.Ru/c1-4-10-16(11-5-1)19(17-12-6-2-7-13-17)18-14-8-3-9-15-18;1-4-11-14(7-1)10(15-8-2-5-12-15)16-9-3-6-13-16;4-2-1-3-5;/h1-15H;1-9H;1-2,4H;/q;-1;;+1/b;;2-1-;. The molecule has 0 atom stereocenters. The fourth-order valence-corrected chi connectivity index (χ4v) is 6.13. The second kappa shape index (κ2) is 17.3. The first kappa shape index (κ1) is 31.1. The van der Waals surface area contributed by atoms with Crippen molar-refractivity contribution in [3.05, 3.63) is 164 Å². The van der Waals surface area contributed by atoms with Gasteiger partial charge in [-0.05, 0) is 65.8 Å². The van der Waals surface area contributed by atoms with Crippen LogP contribution in [0.2, 0.25) is 0 Å². The zero-order valence-corrected chi connectivity index (χ0v) is 24.5. The number of aliphatic hydroxyl groups excluding tert-OH is 1. The topological polar surface area (TPSA) is 103 Å². The molecule has 1 N–H and O–H groups in total. The molecule has 0 amide bonds. The monoisotopic (exact) mass is 649 g/mol. The van der Waals surface area contributed by atoms with Crippen LogP contribution in [0.1, 0.15) is 0 Å². The van der Waals surface area contributed by atoms with E-state index in [0.717, 1.165) is 6.20 Å². The molecule has 2 radical (unpaired) electrons. The molecule has 9 nitrogen and oxygen atoms in total. The van der Waals surface area contributed by atoms with E-state index < -0.39 is 7.92 Å². The summed E-state index contributed by atoms with van der Waals surface area (Å²) in [5.74, 6) is 0. The zero-order valence-electron chi connectivity index (χ0n) is 21.9. The number of hydrogen-bond acceptors (Lipinski definition) is 6. The zero-order chi connectivity index (χ0) is 27.8. The second-order valence-corrected chi connectivity index (χ2v) is 10.3. The summed E-state index contributed by atoms with van der Waals surface area (Å²) in [5, 5.41) is 26.6. The summed E-state index contributed by atoms with van der Waals surface area (Å²) in [5.41, 5.74) is 0. The van der Waals surface area contributed by atoms with Crippen LogP contribution in [-0.2, 0) is 19.5 Å². The van der Waals surface area contributed by atoms with Crippen LogP contribution < -0.4 is 15.9 Å². The van der Waals surface area contributed by atoms with Gasteiger partial charge >= 0.3 is 19.5 Å². The van der Waals surface area contributed by atoms with Crippen molar-refractivity contribution in [2.24, 2.45) is 5.18 Å². The third-order valence-corrected chi connectivity index (χ3v) is 7.90. The number of rotatable bonds is 7. The van der Waals surface area contributed by atoms with Crippen LogP contribution in [0, 0.1) is 4.91 Å². The number of aromatic nitrogens is 6. The van der Waals surface area contributed by atoms with E-state index in [1.165, 1.54) is 15.9 Å². The summed E-state index contributed by atoms with van der Waals surface area (Å²) in [6.07, 6.45) is 12.2. The van der Waals surface area contributed by atoms with Crippen LogP contribution in [0.4, 0.5) is 0 Å². The van der Waals surface area contributed by atoms with Crippen LogP contribution in [0.5, 0.6) is 0 Å². The van der Waals surface area contributed by atoms with Crippen LogP contribution >= 0.6 is 7.92 Å². The van der Waals surface area contributed by atoms with Gasteiger partial charge in [-0.3, -0.25) is 0 Å². The summed E-state index contributed by atoms with van der Waals surface area (Å²) in [6, 6.07) is 38.0. The molecule has 0 aliphatic heterocycles. The predicted octanol–water partition coefficient (Wildman–Crippen LogP) is 4.43. The Labute approximate surface area is 252 Å². The summed E-state index contributed by atoms with van der Waals surface area (Å²) in [4.78, 5) is 8.91. The van der Waals surface area contributed by atoms with Gasteiger partial charge in [0.2, 0.25) is 0 Å². The molecule has 3 aromatic heterocycles. The van der Waals surface area contributed by atoms with E-state index in [-0.39, 0.29) is 26.6 Å². The third-order valence-electron chi connectivity index (χ3n) is 5.46. The minimum atomic E-state index is -0.446. The summed E-state index contributed by atoms with van der Waals surface area (Å²) in [7, 11) is -0.640. The quantitative estimate of drug-likeness (QED) is 0.120. The molecule has 0 bridgehead atoms. The molecule has 0 aliphatic carbocycles. The molecular formula is C29H27BN7O2PRu. The first-order valence-electron chi connectivity index (χ1n) is 12.4. The van der Waals surface area contributed by atoms with Gasteiger partial charge in [0.05, 0.1) is 0 Å². The van der Waals surface area contributed by atoms with Crippen LogP contribution in [-0.4, -0.2) is 41.3 Å². The van der Waals surface area contributed by atoms with Crippen molar-refractivity contribution in [3.63, 3.8) is 0 Å². The maximum Gasteiger partial charge on any atom is 1.00 e. The molecule has 0 saturated carbocycles. The van der Waals surface area contributed by atoms with Gasteiger partial charge < -0.3 is 18.9 Å². The Morgan fingerprint density at radius 1 is 0.610 bits per heavy atom. The van der Waals surface area contributed by atoms with Gasteiger partial charge in [-0.15, -0.1) is 4.91 Å². The summed E-state index contributed by atoms with van der Waals surface area (Å²) >= 11 is 0. The molecule has 0 fully saturated rings. The summed E-state index contributed by atoms with van der Waals surface area (Å²) in [6.45, 7) is 0. The molecule has 206 valence electrons. The number of aliphatic hydroxyl groups is 1. The van der Waals surface area contributed by atoms with Gasteiger partial charge in [-0.25, -0.2) is 15.3 Å². The normalized spacial score (nSPS) is 10.3. The van der Waals surface area contributed by atoms with Crippen molar-refractivity contribution in [2.75, 3.05) is 0 Å². The molecule has 6 aromatic rings. The number of nitrogens with zero attached hydrogens (tertiary/aromatic N) is 7.